The minimum absolute atomic E-state index is 0.117. The Morgan fingerprint density at radius 1 is 1.31 bits per heavy atom. The molecule has 2 saturated carbocycles. The Bertz CT molecular complexity index is 219. The molecule has 0 heterocycles. The summed E-state index contributed by atoms with van der Waals surface area (Å²) >= 11 is 0. The van der Waals surface area contributed by atoms with Crippen LogP contribution in [-0.4, -0.2) is 36.2 Å². The maximum atomic E-state index is 9.78. The second kappa shape index (κ2) is 5.50. The van der Waals surface area contributed by atoms with Gasteiger partial charge in [0.15, 0.2) is 0 Å². The van der Waals surface area contributed by atoms with Crippen molar-refractivity contribution < 1.29 is 5.11 Å². The monoisotopic (exact) mass is 225 g/mol. The maximum absolute atomic E-state index is 9.78. The third-order valence-corrected chi connectivity index (χ3v) is 4.58. The number of hydrogen-bond donors (Lipinski definition) is 1. The highest BCUT2D eigenvalue weighted by molar-refractivity contribution is 4.91. The molecule has 0 aliphatic heterocycles. The summed E-state index contributed by atoms with van der Waals surface area (Å²) < 4.78 is 0. The molecule has 0 aromatic heterocycles. The van der Waals surface area contributed by atoms with Gasteiger partial charge in [-0.05, 0) is 50.5 Å². The molecule has 0 radical (unpaired) electrons. The Morgan fingerprint density at radius 3 is 2.69 bits per heavy atom. The van der Waals surface area contributed by atoms with E-state index < -0.39 is 0 Å². The fourth-order valence-electron chi connectivity index (χ4n) is 3.86. The Labute approximate surface area is 100 Å². The second-order valence-corrected chi connectivity index (χ2v) is 6.10. The van der Waals surface area contributed by atoms with E-state index in [1.807, 2.05) is 0 Å². The molecule has 1 N–H and O–H groups in total. The number of hydrogen-bond acceptors (Lipinski definition) is 2. The molecule has 0 spiro atoms. The molecule has 0 aromatic carbocycles. The lowest BCUT2D eigenvalue weighted by Gasteiger charge is -2.28. The molecule has 4 atom stereocenters. The van der Waals surface area contributed by atoms with Gasteiger partial charge < -0.3 is 10.0 Å². The van der Waals surface area contributed by atoms with E-state index in [2.05, 4.69) is 18.9 Å². The Balaban J connectivity index is 1.69. The Hall–Kier alpha value is -0.0800. The van der Waals surface area contributed by atoms with Crippen LogP contribution in [0.3, 0.4) is 0 Å². The largest absolute Gasteiger partial charge is 0.392 e. The van der Waals surface area contributed by atoms with Crippen LogP contribution in [0, 0.1) is 17.8 Å². The zero-order chi connectivity index (χ0) is 11.5. The van der Waals surface area contributed by atoms with Crippen molar-refractivity contribution in [3.63, 3.8) is 0 Å². The summed E-state index contributed by atoms with van der Waals surface area (Å²) in [6.07, 6.45) is 7.83. The van der Waals surface area contributed by atoms with Crippen LogP contribution in [0.1, 0.15) is 45.4 Å². The van der Waals surface area contributed by atoms with Crippen LogP contribution in [0.5, 0.6) is 0 Å². The quantitative estimate of drug-likeness (QED) is 0.751. The van der Waals surface area contributed by atoms with E-state index in [0.717, 1.165) is 37.1 Å². The Kier molecular flexibility index (Phi) is 4.26. The smallest absolute Gasteiger partial charge is 0.0666 e. The maximum Gasteiger partial charge on any atom is 0.0666 e. The van der Waals surface area contributed by atoms with Crippen LogP contribution < -0.4 is 0 Å². The zero-order valence-corrected chi connectivity index (χ0v) is 10.9. The molecule has 2 bridgehead atoms. The lowest BCUT2D eigenvalue weighted by atomic mass is 9.88. The number of aliphatic hydroxyl groups excluding tert-OH is 1. The summed E-state index contributed by atoms with van der Waals surface area (Å²) in [4.78, 5) is 2.35. The van der Waals surface area contributed by atoms with E-state index in [0.29, 0.717) is 0 Å². The van der Waals surface area contributed by atoms with Crippen LogP contribution in [-0.2, 0) is 0 Å². The molecule has 94 valence electrons. The minimum Gasteiger partial charge on any atom is -0.392 e. The van der Waals surface area contributed by atoms with Gasteiger partial charge in [-0.25, -0.2) is 0 Å². The molecule has 2 aliphatic rings. The van der Waals surface area contributed by atoms with E-state index in [-0.39, 0.29) is 6.10 Å². The van der Waals surface area contributed by atoms with Crippen molar-refractivity contribution in [3.05, 3.63) is 0 Å². The van der Waals surface area contributed by atoms with Crippen molar-refractivity contribution in [2.75, 3.05) is 20.1 Å². The third-order valence-electron chi connectivity index (χ3n) is 4.58. The van der Waals surface area contributed by atoms with Gasteiger partial charge >= 0.3 is 0 Å². The first-order chi connectivity index (χ1) is 7.69. The summed E-state index contributed by atoms with van der Waals surface area (Å²) in [5.74, 6) is 2.98. The summed E-state index contributed by atoms with van der Waals surface area (Å²) in [7, 11) is 2.17. The molecule has 2 heteroatoms. The molecule has 2 aliphatic carbocycles. The first-order valence-electron chi connectivity index (χ1n) is 7.05. The minimum atomic E-state index is -0.117. The molecule has 2 rings (SSSR count). The number of rotatable bonds is 6. The van der Waals surface area contributed by atoms with Crippen molar-refractivity contribution >= 4 is 0 Å². The summed E-state index contributed by atoms with van der Waals surface area (Å²) in [6, 6.07) is 0. The van der Waals surface area contributed by atoms with Crippen LogP contribution in [0.15, 0.2) is 0 Å². The molecule has 0 amide bonds. The summed E-state index contributed by atoms with van der Waals surface area (Å²) in [5, 5.41) is 9.78. The molecule has 0 aromatic rings. The van der Waals surface area contributed by atoms with Gasteiger partial charge in [0.05, 0.1) is 6.10 Å². The number of nitrogens with zero attached hydrogens (tertiary/aromatic N) is 1. The highest BCUT2D eigenvalue weighted by Gasteiger charge is 2.39. The summed E-state index contributed by atoms with van der Waals surface area (Å²) in [6.45, 7) is 4.21. The fraction of sp³-hybridized carbons (Fsp3) is 1.00. The van der Waals surface area contributed by atoms with E-state index in [1.165, 1.54) is 32.2 Å². The van der Waals surface area contributed by atoms with Gasteiger partial charge in [-0.1, -0.05) is 19.8 Å². The van der Waals surface area contributed by atoms with E-state index >= 15 is 0 Å². The molecular weight excluding hydrogens is 198 g/mol. The molecule has 4 unspecified atom stereocenters. The van der Waals surface area contributed by atoms with Gasteiger partial charge in [0, 0.05) is 13.1 Å². The second-order valence-electron chi connectivity index (χ2n) is 6.10. The van der Waals surface area contributed by atoms with Crippen molar-refractivity contribution in [1.82, 2.24) is 4.90 Å². The van der Waals surface area contributed by atoms with Crippen molar-refractivity contribution in [3.8, 4) is 0 Å². The van der Waals surface area contributed by atoms with Gasteiger partial charge in [-0.15, -0.1) is 0 Å². The standard InChI is InChI=1S/C14H27NO/c1-3-4-14(16)10-15(2)9-13-8-11-5-6-12(13)7-11/h11-14,16H,3-10H2,1-2H3. The zero-order valence-electron chi connectivity index (χ0n) is 10.9. The van der Waals surface area contributed by atoms with Crippen LogP contribution in [0.4, 0.5) is 0 Å². The highest BCUT2D eigenvalue weighted by atomic mass is 16.3. The van der Waals surface area contributed by atoms with E-state index in [4.69, 9.17) is 0 Å². The van der Waals surface area contributed by atoms with E-state index in [9.17, 15) is 5.11 Å². The van der Waals surface area contributed by atoms with E-state index in [1.54, 1.807) is 0 Å². The number of aliphatic hydroxyl groups is 1. The lowest BCUT2D eigenvalue weighted by molar-refractivity contribution is 0.103. The molecule has 16 heavy (non-hydrogen) atoms. The van der Waals surface area contributed by atoms with Gasteiger partial charge in [0.2, 0.25) is 0 Å². The number of fused-ring (bicyclic) bond motifs is 2. The third kappa shape index (κ3) is 2.98. The predicted octanol–water partition coefficient (Wildman–Crippen LogP) is 2.52. The lowest BCUT2D eigenvalue weighted by Crippen LogP contribution is -2.34. The average molecular weight is 225 g/mol. The first-order valence-corrected chi connectivity index (χ1v) is 7.05. The average Bonchev–Trinajstić information content (AvgIpc) is 2.78. The molecular formula is C14H27NO. The normalized spacial score (nSPS) is 34.9. The van der Waals surface area contributed by atoms with Crippen LogP contribution in [0.25, 0.3) is 0 Å². The van der Waals surface area contributed by atoms with Gasteiger partial charge in [-0.3, -0.25) is 0 Å². The number of likely N-dealkylation sites (N-methyl/N-ethyl adjacent to an activating group) is 1. The first kappa shape index (κ1) is 12.4. The molecule has 0 saturated heterocycles. The molecule has 2 nitrogen and oxygen atoms in total. The van der Waals surface area contributed by atoms with Crippen molar-refractivity contribution in [1.29, 1.82) is 0 Å². The predicted molar refractivity (Wildman–Crippen MR) is 67.3 cm³/mol. The van der Waals surface area contributed by atoms with Crippen LogP contribution >= 0.6 is 0 Å². The fourth-order valence-corrected chi connectivity index (χ4v) is 3.86. The summed E-state index contributed by atoms with van der Waals surface area (Å²) in [5.41, 5.74) is 0. The highest BCUT2D eigenvalue weighted by Crippen LogP contribution is 2.48. The van der Waals surface area contributed by atoms with Crippen LogP contribution in [0.2, 0.25) is 0 Å². The van der Waals surface area contributed by atoms with Crippen molar-refractivity contribution in [2.24, 2.45) is 17.8 Å². The SMILES string of the molecule is CCCC(O)CN(C)CC1CC2CCC1C2. The van der Waals surface area contributed by atoms with Crippen molar-refractivity contribution in [2.45, 2.75) is 51.6 Å². The van der Waals surface area contributed by atoms with Gasteiger partial charge in [-0.2, -0.15) is 0 Å². The van der Waals surface area contributed by atoms with Gasteiger partial charge in [0.25, 0.3) is 0 Å². The Morgan fingerprint density at radius 2 is 2.12 bits per heavy atom. The topological polar surface area (TPSA) is 23.5 Å². The molecule has 2 fully saturated rings. The van der Waals surface area contributed by atoms with Gasteiger partial charge in [0.1, 0.15) is 0 Å².